The van der Waals surface area contributed by atoms with Gasteiger partial charge in [0.05, 0.1) is 39.5 Å². The summed E-state index contributed by atoms with van der Waals surface area (Å²) < 4.78 is 37.3. The number of aromatic nitrogens is 1. The maximum atomic E-state index is 13.7. The van der Waals surface area contributed by atoms with Gasteiger partial charge in [0.25, 0.3) is 5.56 Å². The van der Waals surface area contributed by atoms with Gasteiger partial charge in [0.15, 0.2) is 11.5 Å². The molecule has 0 saturated carbocycles. The molecule has 1 heterocycles. The molecule has 0 bridgehead atoms. The Bertz CT molecular complexity index is 1330. The van der Waals surface area contributed by atoms with Gasteiger partial charge in [-0.2, -0.15) is 0 Å². The number of rotatable bonds is 6. The van der Waals surface area contributed by atoms with E-state index in [9.17, 15) is 9.18 Å². The van der Waals surface area contributed by atoms with Gasteiger partial charge in [-0.25, -0.2) is 4.39 Å². The van der Waals surface area contributed by atoms with Crippen molar-refractivity contribution in [2.75, 3.05) is 28.4 Å². The monoisotopic (exact) mass is 435 g/mol. The van der Waals surface area contributed by atoms with Crippen LogP contribution in [0.2, 0.25) is 0 Å². The van der Waals surface area contributed by atoms with Crippen molar-refractivity contribution in [3.63, 3.8) is 0 Å². The Labute approximate surface area is 184 Å². The van der Waals surface area contributed by atoms with E-state index in [-0.39, 0.29) is 11.4 Å². The molecule has 4 aromatic rings. The zero-order valence-corrected chi connectivity index (χ0v) is 18.1. The molecule has 32 heavy (non-hydrogen) atoms. The SMILES string of the molecule is COc1ccc(-n2c(-c3ccc(F)cc3)c3c(OC)c(OC)c(OC)cc3cc2=O)cc1. The summed E-state index contributed by atoms with van der Waals surface area (Å²) in [5, 5.41) is 1.24. The lowest BCUT2D eigenvalue weighted by molar-refractivity contribution is 0.327. The van der Waals surface area contributed by atoms with Crippen LogP contribution in [-0.4, -0.2) is 33.0 Å². The molecule has 0 N–H and O–H groups in total. The number of ether oxygens (including phenoxy) is 4. The Morgan fingerprint density at radius 1 is 0.750 bits per heavy atom. The molecule has 4 rings (SSSR count). The summed E-state index contributed by atoms with van der Waals surface area (Å²) in [7, 11) is 6.13. The quantitative estimate of drug-likeness (QED) is 0.434. The van der Waals surface area contributed by atoms with E-state index in [1.165, 1.54) is 39.5 Å². The summed E-state index contributed by atoms with van der Waals surface area (Å²) >= 11 is 0. The highest BCUT2D eigenvalue weighted by molar-refractivity contribution is 6.02. The summed E-state index contributed by atoms with van der Waals surface area (Å²) in [6, 6.07) is 16.3. The van der Waals surface area contributed by atoms with Crippen molar-refractivity contribution in [2.45, 2.75) is 0 Å². The minimum atomic E-state index is -0.376. The summed E-state index contributed by atoms with van der Waals surface area (Å²) in [5.41, 5.74) is 1.52. The molecule has 0 atom stereocenters. The largest absolute Gasteiger partial charge is 0.497 e. The average Bonchev–Trinajstić information content (AvgIpc) is 2.82. The molecule has 6 nitrogen and oxygen atoms in total. The Kier molecular flexibility index (Phi) is 5.73. The molecule has 0 spiro atoms. The van der Waals surface area contributed by atoms with Gasteiger partial charge in [-0.1, -0.05) is 0 Å². The van der Waals surface area contributed by atoms with Gasteiger partial charge in [0, 0.05) is 11.8 Å². The van der Waals surface area contributed by atoms with Crippen LogP contribution in [0.3, 0.4) is 0 Å². The Morgan fingerprint density at radius 3 is 1.97 bits per heavy atom. The molecule has 1 aromatic heterocycles. The smallest absolute Gasteiger partial charge is 0.256 e. The van der Waals surface area contributed by atoms with E-state index in [1.54, 1.807) is 54.1 Å². The molecule has 0 unspecified atom stereocenters. The van der Waals surface area contributed by atoms with Crippen LogP contribution in [0.1, 0.15) is 0 Å². The second-order valence-corrected chi connectivity index (χ2v) is 6.98. The van der Waals surface area contributed by atoms with Crippen LogP contribution in [-0.2, 0) is 0 Å². The molecule has 3 aromatic carbocycles. The van der Waals surface area contributed by atoms with E-state index in [0.29, 0.717) is 50.7 Å². The Morgan fingerprint density at radius 2 is 1.41 bits per heavy atom. The van der Waals surface area contributed by atoms with Gasteiger partial charge < -0.3 is 18.9 Å². The van der Waals surface area contributed by atoms with E-state index in [0.717, 1.165) is 0 Å². The number of fused-ring (bicyclic) bond motifs is 1. The van der Waals surface area contributed by atoms with Gasteiger partial charge in [-0.05, 0) is 65.5 Å². The second kappa shape index (κ2) is 8.63. The molecular formula is C25H22FNO5. The number of benzene rings is 3. The van der Waals surface area contributed by atoms with Crippen molar-refractivity contribution in [1.29, 1.82) is 0 Å². The molecule has 7 heteroatoms. The normalized spacial score (nSPS) is 10.8. The first-order valence-corrected chi connectivity index (χ1v) is 9.81. The van der Waals surface area contributed by atoms with E-state index in [2.05, 4.69) is 0 Å². The highest BCUT2D eigenvalue weighted by atomic mass is 19.1. The highest BCUT2D eigenvalue weighted by Gasteiger charge is 2.23. The zero-order valence-electron chi connectivity index (χ0n) is 18.1. The molecule has 0 aliphatic carbocycles. The summed E-state index contributed by atoms with van der Waals surface area (Å²) in [6.07, 6.45) is 0. The first-order valence-electron chi connectivity index (χ1n) is 9.81. The summed E-state index contributed by atoms with van der Waals surface area (Å²) in [5.74, 6) is 1.52. The third-order valence-electron chi connectivity index (χ3n) is 5.27. The van der Waals surface area contributed by atoms with Crippen LogP contribution in [0, 0.1) is 5.82 Å². The number of pyridine rings is 1. The van der Waals surface area contributed by atoms with Gasteiger partial charge >= 0.3 is 0 Å². The highest BCUT2D eigenvalue weighted by Crippen LogP contribution is 2.46. The minimum absolute atomic E-state index is 0.267. The molecule has 0 fully saturated rings. The molecule has 0 aliphatic heterocycles. The Hall–Kier alpha value is -4.00. The maximum Gasteiger partial charge on any atom is 0.256 e. The maximum absolute atomic E-state index is 13.7. The van der Waals surface area contributed by atoms with Crippen LogP contribution < -0.4 is 24.5 Å². The molecular weight excluding hydrogens is 413 g/mol. The average molecular weight is 435 g/mol. The van der Waals surface area contributed by atoms with Crippen molar-refractivity contribution in [1.82, 2.24) is 4.57 Å². The number of hydrogen-bond donors (Lipinski definition) is 0. The van der Waals surface area contributed by atoms with E-state index in [4.69, 9.17) is 18.9 Å². The third kappa shape index (κ3) is 3.51. The fraction of sp³-hybridized carbons (Fsp3) is 0.160. The number of nitrogens with zero attached hydrogens (tertiary/aromatic N) is 1. The van der Waals surface area contributed by atoms with Crippen molar-refractivity contribution < 1.29 is 23.3 Å². The predicted molar refractivity (Wildman–Crippen MR) is 121 cm³/mol. The topological polar surface area (TPSA) is 58.9 Å². The van der Waals surface area contributed by atoms with Crippen molar-refractivity contribution in [2.24, 2.45) is 0 Å². The van der Waals surface area contributed by atoms with Gasteiger partial charge in [-0.15, -0.1) is 0 Å². The first-order chi connectivity index (χ1) is 15.5. The van der Waals surface area contributed by atoms with Crippen LogP contribution in [0.25, 0.3) is 27.7 Å². The van der Waals surface area contributed by atoms with Crippen LogP contribution in [0.5, 0.6) is 23.0 Å². The van der Waals surface area contributed by atoms with E-state index in [1.807, 2.05) is 0 Å². The number of halogens is 1. The molecule has 0 aliphatic rings. The predicted octanol–water partition coefficient (Wildman–Crippen LogP) is 4.83. The molecule has 0 radical (unpaired) electrons. The summed E-state index contributed by atoms with van der Waals surface area (Å²) in [6.45, 7) is 0. The van der Waals surface area contributed by atoms with Gasteiger partial charge in [0.1, 0.15) is 11.6 Å². The Balaban J connectivity index is 2.19. The van der Waals surface area contributed by atoms with Crippen LogP contribution in [0.4, 0.5) is 4.39 Å². The standard InChI is InChI=1S/C25H22FNO5/c1-29-19-11-9-18(10-12-19)27-21(28)14-16-13-20(30-2)24(31-3)25(32-4)22(16)23(27)15-5-7-17(26)8-6-15/h5-14H,1-4H3. The van der Waals surface area contributed by atoms with Crippen molar-refractivity contribution in [3.8, 4) is 39.9 Å². The lowest BCUT2D eigenvalue weighted by Gasteiger charge is -2.21. The van der Waals surface area contributed by atoms with E-state index < -0.39 is 0 Å². The zero-order chi connectivity index (χ0) is 22.8. The molecule has 0 saturated heterocycles. The fourth-order valence-corrected chi connectivity index (χ4v) is 3.82. The lowest BCUT2D eigenvalue weighted by atomic mass is 10.0. The van der Waals surface area contributed by atoms with Crippen molar-refractivity contribution in [3.05, 3.63) is 76.8 Å². The second-order valence-electron chi connectivity index (χ2n) is 6.98. The number of methoxy groups -OCH3 is 4. The van der Waals surface area contributed by atoms with Crippen LogP contribution >= 0.6 is 0 Å². The third-order valence-corrected chi connectivity index (χ3v) is 5.27. The fourth-order valence-electron chi connectivity index (χ4n) is 3.82. The number of hydrogen-bond acceptors (Lipinski definition) is 5. The minimum Gasteiger partial charge on any atom is -0.497 e. The van der Waals surface area contributed by atoms with Crippen LogP contribution in [0.15, 0.2) is 65.5 Å². The van der Waals surface area contributed by atoms with Gasteiger partial charge in [-0.3, -0.25) is 9.36 Å². The lowest BCUT2D eigenvalue weighted by Crippen LogP contribution is -2.20. The first kappa shape index (κ1) is 21.2. The van der Waals surface area contributed by atoms with Crippen molar-refractivity contribution >= 4 is 10.8 Å². The summed E-state index contributed by atoms with van der Waals surface area (Å²) in [4.78, 5) is 13.3. The molecule has 164 valence electrons. The van der Waals surface area contributed by atoms with E-state index >= 15 is 0 Å². The van der Waals surface area contributed by atoms with Gasteiger partial charge in [0.2, 0.25) is 5.75 Å². The molecule has 0 amide bonds.